The molecule has 0 heterocycles. The lowest BCUT2D eigenvalue weighted by molar-refractivity contribution is 0.0712. The molecule has 1 aromatic carbocycles. The molecule has 0 amide bonds. The van der Waals surface area contributed by atoms with Crippen molar-refractivity contribution in [1.29, 1.82) is 0 Å². The third-order valence-corrected chi connectivity index (χ3v) is 4.62. The first-order valence-electron chi connectivity index (χ1n) is 5.04. The molecule has 2 rings (SSSR count). The minimum absolute atomic E-state index is 0.0289. The van der Waals surface area contributed by atoms with E-state index in [1.54, 1.807) is 0 Å². The van der Waals surface area contributed by atoms with Crippen molar-refractivity contribution in [3.05, 3.63) is 29.0 Å². The van der Waals surface area contributed by atoms with Crippen molar-refractivity contribution < 1.29 is 17.9 Å². The summed E-state index contributed by atoms with van der Waals surface area (Å²) in [7, 11) is -3.83. The van der Waals surface area contributed by atoms with Crippen LogP contribution in [0.15, 0.2) is 23.1 Å². The maximum absolute atomic E-state index is 13.0. The summed E-state index contributed by atoms with van der Waals surface area (Å²) in [6.07, 6.45) is 0.267. The third-order valence-electron chi connectivity index (χ3n) is 2.62. The molecule has 1 aromatic rings. The minimum atomic E-state index is -3.83. The quantitative estimate of drug-likeness (QED) is 0.876. The normalized spacial score (nSPS) is 24.4. The van der Waals surface area contributed by atoms with Gasteiger partial charge in [-0.2, -0.15) is 0 Å². The summed E-state index contributed by atoms with van der Waals surface area (Å²) in [5, 5.41) is 9.03. The standard InChI is InChI=1S/C10H11ClFNO3S/c11-9-2-1-6(12)3-10(9)17(15,16)13-7-4-8(14)5-7/h1-3,7-8,13-14H,4-5H2. The van der Waals surface area contributed by atoms with E-state index >= 15 is 0 Å². The highest BCUT2D eigenvalue weighted by Crippen LogP contribution is 2.25. The predicted octanol–water partition coefficient (Wildman–Crippen LogP) is 1.28. The molecule has 0 bridgehead atoms. The summed E-state index contributed by atoms with van der Waals surface area (Å²) < 4.78 is 39.1. The van der Waals surface area contributed by atoms with Gasteiger partial charge in [0.15, 0.2) is 0 Å². The van der Waals surface area contributed by atoms with E-state index in [4.69, 9.17) is 16.7 Å². The Hall–Kier alpha value is -0.690. The first-order chi connectivity index (χ1) is 7.88. The number of rotatable bonds is 3. The van der Waals surface area contributed by atoms with Gasteiger partial charge < -0.3 is 5.11 Å². The van der Waals surface area contributed by atoms with Crippen molar-refractivity contribution in [2.45, 2.75) is 29.9 Å². The summed E-state index contributed by atoms with van der Waals surface area (Å²) in [4.78, 5) is -0.277. The van der Waals surface area contributed by atoms with Gasteiger partial charge in [-0.1, -0.05) is 11.6 Å². The zero-order chi connectivity index (χ0) is 12.6. The van der Waals surface area contributed by atoms with Gasteiger partial charge in [-0.15, -0.1) is 0 Å². The number of aliphatic hydroxyl groups is 1. The fourth-order valence-corrected chi connectivity index (χ4v) is 3.42. The first kappa shape index (κ1) is 12.8. The number of hydrogen-bond acceptors (Lipinski definition) is 3. The Kier molecular flexibility index (Phi) is 3.40. The molecule has 1 aliphatic rings. The van der Waals surface area contributed by atoms with Crippen LogP contribution in [-0.2, 0) is 10.0 Å². The molecule has 7 heteroatoms. The smallest absolute Gasteiger partial charge is 0.242 e. The van der Waals surface area contributed by atoms with E-state index in [2.05, 4.69) is 4.72 Å². The van der Waals surface area contributed by atoms with Crippen LogP contribution in [0.25, 0.3) is 0 Å². The average molecular weight is 280 g/mol. The van der Waals surface area contributed by atoms with Gasteiger partial charge in [-0.3, -0.25) is 0 Å². The van der Waals surface area contributed by atoms with Gasteiger partial charge in [-0.25, -0.2) is 17.5 Å². The van der Waals surface area contributed by atoms with E-state index in [1.807, 2.05) is 0 Å². The van der Waals surface area contributed by atoms with E-state index in [9.17, 15) is 12.8 Å². The number of hydrogen-bond donors (Lipinski definition) is 2. The molecule has 4 nitrogen and oxygen atoms in total. The van der Waals surface area contributed by atoms with Gasteiger partial charge >= 0.3 is 0 Å². The Morgan fingerprint density at radius 2 is 2.06 bits per heavy atom. The molecule has 1 fully saturated rings. The third kappa shape index (κ3) is 2.77. The minimum Gasteiger partial charge on any atom is -0.393 e. The Balaban J connectivity index is 2.22. The number of nitrogens with one attached hydrogen (secondary N) is 1. The van der Waals surface area contributed by atoms with Crippen LogP contribution in [0.4, 0.5) is 4.39 Å². The van der Waals surface area contributed by atoms with Crippen molar-refractivity contribution >= 4 is 21.6 Å². The van der Waals surface area contributed by atoms with Gasteiger partial charge in [0, 0.05) is 6.04 Å². The van der Waals surface area contributed by atoms with Crippen molar-refractivity contribution in [3.8, 4) is 0 Å². The summed E-state index contributed by atoms with van der Waals surface area (Å²) in [5.74, 6) is -0.664. The molecule has 0 aliphatic heterocycles. The molecule has 0 atom stereocenters. The Morgan fingerprint density at radius 1 is 1.41 bits per heavy atom. The lowest BCUT2D eigenvalue weighted by Gasteiger charge is -2.31. The van der Waals surface area contributed by atoms with Crippen molar-refractivity contribution in [2.24, 2.45) is 0 Å². The maximum Gasteiger partial charge on any atom is 0.242 e. The molecule has 1 aliphatic carbocycles. The largest absolute Gasteiger partial charge is 0.393 e. The van der Waals surface area contributed by atoms with Crippen molar-refractivity contribution in [1.82, 2.24) is 4.72 Å². The zero-order valence-corrected chi connectivity index (χ0v) is 10.3. The van der Waals surface area contributed by atoms with Crippen LogP contribution in [-0.4, -0.2) is 25.7 Å². The highest BCUT2D eigenvalue weighted by molar-refractivity contribution is 7.89. The van der Waals surface area contributed by atoms with Crippen LogP contribution in [0.5, 0.6) is 0 Å². The average Bonchev–Trinajstić information content (AvgIpc) is 2.19. The molecule has 17 heavy (non-hydrogen) atoms. The van der Waals surface area contributed by atoms with E-state index in [0.29, 0.717) is 12.8 Å². The van der Waals surface area contributed by atoms with Gasteiger partial charge in [0.25, 0.3) is 0 Å². The summed E-state index contributed by atoms with van der Waals surface area (Å²) in [5.41, 5.74) is 0. The van der Waals surface area contributed by atoms with E-state index in [1.165, 1.54) is 6.07 Å². The molecular weight excluding hydrogens is 269 g/mol. The topological polar surface area (TPSA) is 66.4 Å². The van der Waals surface area contributed by atoms with Crippen LogP contribution < -0.4 is 4.72 Å². The molecule has 2 N–H and O–H groups in total. The van der Waals surface area contributed by atoms with Crippen LogP contribution in [0, 0.1) is 5.82 Å². The fourth-order valence-electron chi connectivity index (χ4n) is 1.65. The lowest BCUT2D eigenvalue weighted by atomic mass is 9.91. The molecular formula is C10H11ClFNO3S. The SMILES string of the molecule is O=S(=O)(NC1CC(O)C1)c1cc(F)ccc1Cl. The highest BCUT2D eigenvalue weighted by Gasteiger charge is 2.32. The second kappa shape index (κ2) is 4.53. The molecule has 0 spiro atoms. The number of benzene rings is 1. The van der Waals surface area contributed by atoms with Crippen molar-refractivity contribution in [3.63, 3.8) is 0 Å². The van der Waals surface area contributed by atoms with Crippen LogP contribution in [0.3, 0.4) is 0 Å². The van der Waals surface area contributed by atoms with Gasteiger partial charge in [0.05, 0.1) is 11.1 Å². The first-order valence-corrected chi connectivity index (χ1v) is 6.90. The van der Waals surface area contributed by atoms with Gasteiger partial charge in [0.1, 0.15) is 10.7 Å². The van der Waals surface area contributed by atoms with Crippen LogP contribution in [0.2, 0.25) is 5.02 Å². The molecule has 1 saturated carbocycles. The second-order valence-corrected chi connectivity index (χ2v) is 6.11. The number of sulfonamides is 1. The number of halogens is 2. The second-order valence-electron chi connectivity index (χ2n) is 4.02. The van der Waals surface area contributed by atoms with Gasteiger partial charge in [-0.05, 0) is 31.0 Å². The van der Waals surface area contributed by atoms with E-state index in [0.717, 1.165) is 12.1 Å². The Bertz CT molecular complexity index is 528. The lowest BCUT2D eigenvalue weighted by Crippen LogP contribution is -2.46. The van der Waals surface area contributed by atoms with E-state index < -0.39 is 21.9 Å². The van der Waals surface area contributed by atoms with Crippen molar-refractivity contribution in [2.75, 3.05) is 0 Å². The summed E-state index contributed by atoms with van der Waals surface area (Å²) in [6, 6.07) is 2.85. The fraction of sp³-hybridized carbons (Fsp3) is 0.400. The number of aliphatic hydroxyl groups excluding tert-OH is 1. The van der Waals surface area contributed by atoms with Crippen LogP contribution in [0.1, 0.15) is 12.8 Å². The monoisotopic (exact) mass is 279 g/mol. The molecule has 0 radical (unpaired) electrons. The summed E-state index contributed by atoms with van der Waals surface area (Å²) in [6.45, 7) is 0. The predicted molar refractivity (Wildman–Crippen MR) is 60.8 cm³/mol. The maximum atomic E-state index is 13.0. The zero-order valence-electron chi connectivity index (χ0n) is 8.73. The Morgan fingerprint density at radius 3 is 2.65 bits per heavy atom. The van der Waals surface area contributed by atoms with E-state index in [-0.39, 0.29) is 16.0 Å². The van der Waals surface area contributed by atoms with Gasteiger partial charge in [0.2, 0.25) is 10.0 Å². The molecule has 0 unspecified atom stereocenters. The van der Waals surface area contributed by atoms with Crippen LogP contribution >= 0.6 is 11.6 Å². The summed E-state index contributed by atoms with van der Waals surface area (Å²) >= 11 is 5.72. The highest BCUT2D eigenvalue weighted by atomic mass is 35.5. The molecule has 94 valence electrons. The molecule has 0 saturated heterocycles. The Labute approximate surface area is 103 Å². The molecule has 0 aromatic heterocycles.